The van der Waals surface area contributed by atoms with Gasteiger partial charge in [-0.1, -0.05) is 0 Å². The van der Waals surface area contributed by atoms with Gasteiger partial charge < -0.3 is 4.74 Å². The second-order valence-corrected chi connectivity index (χ2v) is 6.34. The highest BCUT2D eigenvalue weighted by Crippen LogP contribution is 2.23. The summed E-state index contributed by atoms with van der Waals surface area (Å²) in [6.07, 6.45) is 3.01. The maximum absolute atomic E-state index is 12.4. The fraction of sp³-hybridized carbons (Fsp3) is 0.700. The second kappa shape index (κ2) is 5.56. The third-order valence-electron chi connectivity index (χ3n) is 3.15. The minimum Gasteiger partial charge on any atom is -0.381 e. The van der Waals surface area contributed by atoms with Crippen LogP contribution in [0, 0.1) is 0 Å². The molecule has 1 aliphatic rings. The molecule has 18 heavy (non-hydrogen) atoms. The quantitative estimate of drug-likeness (QED) is 0.839. The van der Waals surface area contributed by atoms with Crippen molar-refractivity contribution in [3.8, 4) is 0 Å². The van der Waals surface area contributed by atoms with E-state index in [1.165, 1.54) is 10.5 Å². The third-order valence-corrected chi connectivity index (χ3v) is 5.36. The molecule has 1 N–H and O–H groups in total. The molecule has 1 aromatic rings. The van der Waals surface area contributed by atoms with Crippen LogP contribution in [0.1, 0.15) is 18.4 Å². The Balaban J connectivity index is 2.17. The first kappa shape index (κ1) is 13.8. The predicted molar refractivity (Wildman–Crippen MR) is 66.9 cm³/mol. The molecule has 2 rings (SSSR count). The first-order valence-electron chi connectivity index (χ1n) is 5.70. The molecule has 1 aromatic heterocycles. The minimum absolute atomic E-state index is 0.105. The van der Waals surface area contributed by atoms with Crippen molar-refractivity contribution in [2.45, 2.75) is 29.9 Å². The molecule has 8 heteroatoms. The standard InChI is InChI=1S/C10H16ClN3O3S/c1-17-9-2-4-14(5-3-9)18(15,16)10-8(6-11)7-12-13-10/h7,9H,2-6H2,1H3,(H,12,13). The summed E-state index contributed by atoms with van der Waals surface area (Å²) in [6.45, 7) is 0.920. The molecule has 0 saturated carbocycles. The van der Waals surface area contributed by atoms with Crippen LogP contribution in [0.4, 0.5) is 0 Å². The number of rotatable bonds is 4. The van der Waals surface area contributed by atoms with Gasteiger partial charge in [-0.05, 0) is 12.8 Å². The van der Waals surface area contributed by atoms with Crippen LogP contribution in [-0.4, -0.2) is 49.2 Å². The Labute approximate surface area is 111 Å². The molecule has 0 unspecified atom stereocenters. The molecule has 2 heterocycles. The highest BCUT2D eigenvalue weighted by atomic mass is 35.5. The fourth-order valence-electron chi connectivity index (χ4n) is 2.06. The van der Waals surface area contributed by atoms with Crippen molar-refractivity contribution in [1.82, 2.24) is 14.5 Å². The van der Waals surface area contributed by atoms with Crippen LogP contribution in [0.25, 0.3) is 0 Å². The van der Waals surface area contributed by atoms with E-state index in [1.54, 1.807) is 7.11 Å². The maximum atomic E-state index is 12.4. The molecule has 1 aliphatic heterocycles. The Morgan fingerprint density at radius 1 is 1.56 bits per heavy atom. The molecule has 0 aliphatic carbocycles. The summed E-state index contributed by atoms with van der Waals surface area (Å²) in [5.74, 6) is 0.125. The molecule has 0 bridgehead atoms. The van der Waals surface area contributed by atoms with E-state index in [2.05, 4.69) is 10.2 Å². The number of hydrogen-bond acceptors (Lipinski definition) is 4. The second-order valence-electron chi connectivity index (χ2n) is 4.20. The first-order valence-corrected chi connectivity index (χ1v) is 7.68. The monoisotopic (exact) mass is 293 g/mol. The van der Waals surface area contributed by atoms with E-state index in [4.69, 9.17) is 16.3 Å². The Hall–Kier alpha value is -0.630. The van der Waals surface area contributed by atoms with Crippen molar-refractivity contribution in [3.05, 3.63) is 11.8 Å². The summed E-state index contributed by atoms with van der Waals surface area (Å²) < 4.78 is 31.4. The lowest BCUT2D eigenvalue weighted by Gasteiger charge is -2.30. The molecule has 1 saturated heterocycles. The number of aromatic amines is 1. The highest BCUT2D eigenvalue weighted by molar-refractivity contribution is 7.89. The lowest BCUT2D eigenvalue weighted by molar-refractivity contribution is 0.0604. The van der Waals surface area contributed by atoms with Gasteiger partial charge in [0.2, 0.25) is 0 Å². The average molecular weight is 294 g/mol. The minimum atomic E-state index is -3.52. The van der Waals surface area contributed by atoms with E-state index in [0.29, 0.717) is 31.5 Å². The summed E-state index contributed by atoms with van der Waals surface area (Å²) >= 11 is 5.70. The number of hydrogen-bond donors (Lipinski definition) is 1. The number of aromatic nitrogens is 2. The molecule has 102 valence electrons. The number of nitrogens with one attached hydrogen (secondary N) is 1. The molecular formula is C10H16ClN3O3S. The van der Waals surface area contributed by atoms with Crippen LogP contribution in [-0.2, 0) is 20.6 Å². The number of H-pyrrole nitrogens is 1. The van der Waals surface area contributed by atoms with Crippen molar-refractivity contribution < 1.29 is 13.2 Å². The van der Waals surface area contributed by atoms with Gasteiger partial charge in [-0.3, -0.25) is 5.10 Å². The van der Waals surface area contributed by atoms with Crippen LogP contribution in [0.15, 0.2) is 11.2 Å². The van der Waals surface area contributed by atoms with Gasteiger partial charge in [0, 0.05) is 25.8 Å². The Morgan fingerprint density at radius 3 is 2.78 bits per heavy atom. The van der Waals surface area contributed by atoms with Gasteiger partial charge >= 0.3 is 0 Å². The summed E-state index contributed by atoms with van der Waals surface area (Å²) in [7, 11) is -1.87. The van der Waals surface area contributed by atoms with Gasteiger partial charge in [0.1, 0.15) is 0 Å². The number of alkyl halides is 1. The van der Waals surface area contributed by atoms with Gasteiger partial charge in [0.25, 0.3) is 10.0 Å². The zero-order valence-electron chi connectivity index (χ0n) is 10.1. The van der Waals surface area contributed by atoms with Crippen molar-refractivity contribution in [1.29, 1.82) is 0 Å². The normalized spacial score (nSPS) is 19.2. The van der Waals surface area contributed by atoms with Gasteiger partial charge in [-0.2, -0.15) is 9.40 Å². The summed E-state index contributed by atoms with van der Waals surface area (Å²) in [4.78, 5) is 0. The van der Waals surface area contributed by atoms with Gasteiger partial charge in [0.05, 0.1) is 18.2 Å². The highest BCUT2D eigenvalue weighted by Gasteiger charge is 2.31. The molecule has 1 fully saturated rings. The number of methoxy groups -OCH3 is 1. The van der Waals surface area contributed by atoms with E-state index in [0.717, 1.165) is 0 Å². The number of ether oxygens (including phenoxy) is 1. The average Bonchev–Trinajstić information content (AvgIpc) is 2.88. The Bertz CT molecular complexity index is 494. The zero-order chi connectivity index (χ0) is 13.2. The maximum Gasteiger partial charge on any atom is 0.260 e. The van der Waals surface area contributed by atoms with E-state index in [-0.39, 0.29) is 17.0 Å². The fourth-order valence-corrected chi connectivity index (χ4v) is 3.91. The Kier molecular flexibility index (Phi) is 4.26. The SMILES string of the molecule is COC1CCN(S(=O)(=O)c2[nH]ncc2CCl)CC1. The lowest BCUT2D eigenvalue weighted by Crippen LogP contribution is -2.40. The largest absolute Gasteiger partial charge is 0.381 e. The molecule has 0 atom stereocenters. The zero-order valence-corrected chi connectivity index (χ0v) is 11.7. The van der Waals surface area contributed by atoms with E-state index < -0.39 is 10.0 Å². The van der Waals surface area contributed by atoms with Crippen LogP contribution < -0.4 is 0 Å². The van der Waals surface area contributed by atoms with Crippen LogP contribution >= 0.6 is 11.6 Å². The first-order chi connectivity index (χ1) is 8.59. The molecule has 6 nitrogen and oxygen atoms in total. The van der Waals surface area contributed by atoms with Gasteiger partial charge in [-0.25, -0.2) is 8.42 Å². The van der Waals surface area contributed by atoms with Crippen molar-refractivity contribution >= 4 is 21.6 Å². The van der Waals surface area contributed by atoms with Crippen molar-refractivity contribution in [3.63, 3.8) is 0 Å². The Morgan fingerprint density at radius 2 is 2.22 bits per heavy atom. The van der Waals surface area contributed by atoms with Gasteiger partial charge in [-0.15, -0.1) is 11.6 Å². The third kappa shape index (κ3) is 2.54. The van der Waals surface area contributed by atoms with Crippen LogP contribution in [0.2, 0.25) is 0 Å². The van der Waals surface area contributed by atoms with E-state index >= 15 is 0 Å². The van der Waals surface area contributed by atoms with Crippen LogP contribution in [0.3, 0.4) is 0 Å². The number of piperidine rings is 1. The molecule has 0 radical (unpaired) electrons. The summed E-state index contributed by atoms with van der Waals surface area (Å²) in [6, 6.07) is 0. The van der Waals surface area contributed by atoms with E-state index in [9.17, 15) is 8.42 Å². The summed E-state index contributed by atoms with van der Waals surface area (Å²) in [5, 5.41) is 6.37. The van der Waals surface area contributed by atoms with Crippen molar-refractivity contribution in [2.24, 2.45) is 0 Å². The molecule has 0 amide bonds. The molecular weight excluding hydrogens is 278 g/mol. The van der Waals surface area contributed by atoms with Crippen molar-refractivity contribution in [2.75, 3.05) is 20.2 Å². The van der Waals surface area contributed by atoms with Gasteiger partial charge in [0.15, 0.2) is 5.03 Å². The molecule has 0 spiro atoms. The number of sulfonamides is 1. The molecule has 0 aromatic carbocycles. The van der Waals surface area contributed by atoms with Crippen LogP contribution in [0.5, 0.6) is 0 Å². The number of halogens is 1. The lowest BCUT2D eigenvalue weighted by atomic mass is 10.1. The van der Waals surface area contributed by atoms with E-state index in [1.807, 2.05) is 0 Å². The summed E-state index contributed by atoms with van der Waals surface area (Å²) in [5.41, 5.74) is 0.505. The predicted octanol–water partition coefficient (Wildman–Crippen LogP) is 0.948. The smallest absolute Gasteiger partial charge is 0.260 e. The topological polar surface area (TPSA) is 75.3 Å². The number of nitrogens with zero attached hydrogens (tertiary/aromatic N) is 2.